The number of rotatable bonds is 5. The Morgan fingerprint density at radius 2 is 2.43 bits per heavy atom. The zero-order chi connectivity index (χ0) is 14.9. The summed E-state index contributed by atoms with van der Waals surface area (Å²) in [5.41, 5.74) is -1.63. The molecule has 2 aliphatic rings. The second-order valence-corrected chi connectivity index (χ2v) is 5.64. The molecule has 0 unspecified atom stereocenters. The van der Waals surface area contributed by atoms with Gasteiger partial charge in [0.25, 0.3) is 5.91 Å². The van der Waals surface area contributed by atoms with Gasteiger partial charge in [0.1, 0.15) is 12.1 Å². The number of carbonyl (C=O) groups is 1. The van der Waals surface area contributed by atoms with Gasteiger partial charge >= 0.3 is 0 Å². The lowest BCUT2D eigenvalue weighted by atomic mass is 10.2. The van der Waals surface area contributed by atoms with E-state index in [0.29, 0.717) is 25.9 Å². The number of aromatic nitrogens is 2. The van der Waals surface area contributed by atoms with E-state index in [-0.39, 0.29) is 12.1 Å². The summed E-state index contributed by atoms with van der Waals surface area (Å²) in [6.45, 7) is 1.10. The van der Waals surface area contributed by atoms with Crippen LogP contribution in [0.25, 0.3) is 0 Å². The van der Waals surface area contributed by atoms with Crippen LogP contribution in [0.3, 0.4) is 0 Å². The number of nitrogens with zero attached hydrogens (tertiary/aromatic N) is 3. The normalized spacial score (nSPS) is 26.7. The van der Waals surface area contributed by atoms with E-state index in [4.69, 9.17) is 4.74 Å². The summed E-state index contributed by atoms with van der Waals surface area (Å²) in [6.07, 6.45) is 4.70. The summed E-state index contributed by atoms with van der Waals surface area (Å²) in [4.78, 5) is 21.9. The minimum Gasteiger partial charge on any atom is -0.380 e. The molecular formula is C14H19FN4O2. The molecule has 1 saturated carbocycles. The van der Waals surface area contributed by atoms with Gasteiger partial charge in [0, 0.05) is 26.4 Å². The molecule has 1 aliphatic heterocycles. The number of nitrogens with one attached hydrogen (secondary N) is 1. The largest absolute Gasteiger partial charge is 0.380 e. The van der Waals surface area contributed by atoms with Crippen molar-refractivity contribution in [3.63, 3.8) is 0 Å². The van der Waals surface area contributed by atoms with Crippen molar-refractivity contribution in [1.82, 2.24) is 15.3 Å². The topological polar surface area (TPSA) is 67.3 Å². The predicted molar refractivity (Wildman–Crippen MR) is 74.7 cm³/mol. The first kappa shape index (κ1) is 14.2. The van der Waals surface area contributed by atoms with Crippen LogP contribution in [-0.2, 0) is 9.53 Å². The van der Waals surface area contributed by atoms with Crippen LogP contribution in [-0.4, -0.2) is 53.9 Å². The molecule has 0 aromatic carbocycles. The van der Waals surface area contributed by atoms with E-state index in [1.165, 1.54) is 6.33 Å². The Morgan fingerprint density at radius 1 is 1.62 bits per heavy atom. The Kier molecular flexibility index (Phi) is 3.75. The monoisotopic (exact) mass is 294 g/mol. The van der Waals surface area contributed by atoms with Crippen LogP contribution in [0, 0.1) is 0 Å². The first-order valence-corrected chi connectivity index (χ1v) is 7.15. The third-order valence-corrected chi connectivity index (χ3v) is 4.16. The van der Waals surface area contributed by atoms with E-state index in [1.54, 1.807) is 13.3 Å². The molecule has 1 aliphatic carbocycles. The number of ether oxygens (including phenoxy) is 1. The maximum Gasteiger partial charge on any atom is 0.257 e. The van der Waals surface area contributed by atoms with Gasteiger partial charge in [-0.15, -0.1) is 0 Å². The first-order valence-electron chi connectivity index (χ1n) is 7.15. The van der Waals surface area contributed by atoms with Crippen LogP contribution in [0.15, 0.2) is 18.6 Å². The van der Waals surface area contributed by atoms with Crippen molar-refractivity contribution in [3.8, 4) is 0 Å². The quantitative estimate of drug-likeness (QED) is 0.865. The van der Waals surface area contributed by atoms with E-state index in [9.17, 15) is 9.18 Å². The Labute approximate surface area is 122 Å². The van der Waals surface area contributed by atoms with Gasteiger partial charge in [0.2, 0.25) is 0 Å². The molecule has 114 valence electrons. The number of alkyl halides is 1. The highest BCUT2D eigenvalue weighted by Gasteiger charge is 2.51. The number of amides is 1. The fourth-order valence-corrected chi connectivity index (χ4v) is 2.68. The van der Waals surface area contributed by atoms with Gasteiger partial charge in [0.05, 0.1) is 12.1 Å². The van der Waals surface area contributed by atoms with Crippen molar-refractivity contribution in [1.29, 1.82) is 0 Å². The fourth-order valence-electron chi connectivity index (χ4n) is 2.68. The third-order valence-electron chi connectivity index (χ3n) is 4.16. The molecule has 1 N–H and O–H groups in total. The van der Waals surface area contributed by atoms with Gasteiger partial charge in [-0.05, 0) is 25.3 Å². The lowest BCUT2D eigenvalue weighted by molar-refractivity contribution is -0.127. The van der Waals surface area contributed by atoms with Gasteiger partial charge in [-0.25, -0.2) is 14.4 Å². The van der Waals surface area contributed by atoms with Crippen molar-refractivity contribution < 1.29 is 13.9 Å². The van der Waals surface area contributed by atoms with Gasteiger partial charge in [-0.1, -0.05) is 0 Å². The maximum absolute atomic E-state index is 13.7. The molecule has 1 aromatic rings. The fraction of sp³-hybridized carbons (Fsp3) is 0.643. The first-order chi connectivity index (χ1) is 10.1. The number of anilines is 1. The molecule has 1 aromatic heterocycles. The molecule has 3 rings (SSSR count). The number of methoxy groups -OCH3 is 1. The molecule has 2 fully saturated rings. The molecule has 21 heavy (non-hydrogen) atoms. The van der Waals surface area contributed by atoms with Crippen LogP contribution in [0.5, 0.6) is 0 Å². The molecule has 6 nitrogen and oxygen atoms in total. The highest BCUT2D eigenvalue weighted by atomic mass is 19.1. The molecule has 1 amide bonds. The lowest BCUT2D eigenvalue weighted by Crippen LogP contribution is -2.43. The average Bonchev–Trinajstić information content (AvgIpc) is 3.14. The Morgan fingerprint density at radius 3 is 3.05 bits per heavy atom. The predicted octanol–water partition coefficient (Wildman–Crippen LogP) is 0.689. The molecule has 1 saturated heterocycles. The lowest BCUT2D eigenvalue weighted by Gasteiger charge is -2.25. The van der Waals surface area contributed by atoms with Crippen molar-refractivity contribution in [3.05, 3.63) is 18.6 Å². The number of hydrogen-bond acceptors (Lipinski definition) is 5. The van der Waals surface area contributed by atoms with E-state index in [0.717, 1.165) is 12.2 Å². The van der Waals surface area contributed by atoms with E-state index >= 15 is 0 Å². The second kappa shape index (κ2) is 5.55. The number of carbonyl (C=O) groups excluding carboxylic acids is 1. The highest BCUT2D eigenvalue weighted by Crippen LogP contribution is 2.39. The van der Waals surface area contributed by atoms with Crippen LogP contribution in [0.4, 0.5) is 10.2 Å². The maximum atomic E-state index is 13.7. The molecule has 2 atom stereocenters. The van der Waals surface area contributed by atoms with Crippen LogP contribution < -0.4 is 10.2 Å². The van der Waals surface area contributed by atoms with Crippen molar-refractivity contribution in [2.45, 2.75) is 37.1 Å². The summed E-state index contributed by atoms with van der Waals surface area (Å²) >= 11 is 0. The zero-order valence-corrected chi connectivity index (χ0v) is 12.0. The minimum atomic E-state index is -1.63. The van der Waals surface area contributed by atoms with Gasteiger partial charge < -0.3 is 15.0 Å². The molecule has 0 bridgehead atoms. The third kappa shape index (κ3) is 2.97. The summed E-state index contributed by atoms with van der Waals surface area (Å²) in [7, 11) is 1.67. The summed E-state index contributed by atoms with van der Waals surface area (Å²) in [6, 6.07) is 1.88. The second-order valence-electron chi connectivity index (χ2n) is 5.64. The highest BCUT2D eigenvalue weighted by molar-refractivity contribution is 5.87. The molecule has 0 spiro atoms. The Balaban J connectivity index is 1.65. The molecule has 0 radical (unpaired) electrons. The molecule has 7 heteroatoms. The van der Waals surface area contributed by atoms with Gasteiger partial charge in [0.15, 0.2) is 5.67 Å². The smallest absolute Gasteiger partial charge is 0.257 e. The Bertz CT molecular complexity index is 509. The van der Waals surface area contributed by atoms with Crippen LogP contribution in [0.1, 0.15) is 19.3 Å². The molecular weight excluding hydrogens is 275 g/mol. The summed E-state index contributed by atoms with van der Waals surface area (Å²) in [5, 5.41) is 2.72. The van der Waals surface area contributed by atoms with E-state index < -0.39 is 11.6 Å². The van der Waals surface area contributed by atoms with Crippen molar-refractivity contribution in [2.75, 3.05) is 25.1 Å². The average molecular weight is 294 g/mol. The van der Waals surface area contributed by atoms with E-state index in [2.05, 4.69) is 20.2 Å². The van der Waals surface area contributed by atoms with Crippen LogP contribution in [0.2, 0.25) is 0 Å². The zero-order valence-electron chi connectivity index (χ0n) is 12.0. The van der Waals surface area contributed by atoms with Crippen molar-refractivity contribution in [2.24, 2.45) is 0 Å². The van der Waals surface area contributed by atoms with Crippen LogP contribution >= 0.6 is 0 Å². The van der Waals surface area contributed by atoms with Gasteiger partial charge in [-0.3, -0.25) is 4.79 Å². The summed E-state index contributed by atoms with van der Waals surface area (Å²) in [5.74, 6) is 0.302. The van der Waals surface area contributed by atoms with E-state index in [1.807, 2.05) is 6.07 Å². The summed E-state index contributed by atoms with van der Waals surface area (Å²) < 4.78 is 19.1. The van der Waals surface area contributed by atoms with Gasteiger partial charge in [-0.2, -0.15) is 0 Å². The number of hydrogen-bond donors (Lipinski definition) is 1. The molecule has 2 heterocycles. The number of halogens is 1. The SMILES string of the molecule is CO[C@@H]1C[C@H](CNC(=O)C2(F)CC2)N(c2ccncn2)C1. The standard InChI is InChI=1S/C14H19FN4O2/c1-21-11-6-10(7-17-13(20)14(15)3-4-14)19(8-11)12-2-5-16-9-18-12/h2,5,9-11H,3-4,6-8H2,1H3,(H,17,20)/t10-,11-/m1/s1. The van der Waals surface area contributed by atoms with Crippen molar-refractivity contribution >= 4 is 11.7 Å². The minimum absolute atomic E-state index is 0.0520. The Hall–Kier alpha value is -1.76.